The molecule has 0 spiro atoms. The van der Waals surface area contributed by atoms with Gasteiger partial charge in [0, 0.05) is 29.5 Å². The fraction of sp³-hybridized carbons (Fsp3) is 0.231. The van der Waals surface area contributed by atoms with Crippen LogP contribution in [0.25, 0.3) is 0 Å². The highest BCUT2D eigenvalue weighted by Crippen LogP contribution is 2.24. The van der Waals surface area contributed by atoms with E-state index in [4.69, 9.17) is 4.74 Å². The number of nitrogens with one attached hydrogen (secondary N) is 2. The summed E-state index contributed by atoms with van der Waals surface area (Å²) in [5.41, 5.74) is 1.67. The van der Waals surface area contributed by atoms with Crippen molar-refractivity contribution in [2.24, 2.45) is 0 Å². The maximum absolute atomic E-state index is 12.5. The van der Waals surface area contributed by atoms with Crippen LogP contribution in [0.3, 0.4) is 0 Å². The van der Waals surface area contributed by atoms with E-state index >= 15 is 0 Å². The Balaban J connectivity index is 1.59. The van der Waals surface area contributed by atoms with Crippen LogP contribution in [0.15, 0.2) is 78.9 Å². The number of carbonyl (C=O) groups is 2. The zero-order chi connectivity index (χ0) is 23.8. The van der Waals surface area contributed by atoms with E-state index < -0.39 is 11.6 Å². The van der Waals surface area contributed by atoms with E-state index in [1.165, 1.54) is 4.90 Å². The van der Waals surface area contributed by atoms with Gasteiger partial charge in [0.15, 0.2) is 0 Å². The number of ether oxygens (including phenoxy) is 1. The maximum atomic E-state index is 12.5. The lowest BCUT2D eigenvalue weighted by Gasteiger charge is -2.33. The van der Waals surface area contributed by atoms with Crippen LogP contribution < -0.4 is 15.4 Å². The Labute approximate surface area is 194 Å². The summed E-state index contributed by atoms with van der Waals surface area (Å²) >= 11 is 0. The average Bonchev–Trinajstić information content (AvgIpc) is 2.74. The summed E-state index contributed by atoms with van der Waals surface area (Å²) in [7, 11) is 0. The number of nitrogens with zero attached hydrogens (tertiary/aromatic N) is 1. The molecule has 0 unspecified atom stereocenters. The second kappa shape index (κ2) is 10.5. The quantitative estimate of drug-likeness (QED) is 0.388. The Morgan fingerprint density at radius 3 is 2.09 bits per heavy atom. The van der Waals surface area contributed by atoms with Crippen LogP contribution in [0.5, 0.6) is 11.5 Å². The Morgan fingerprint density at radius 1 is 0.848 bits per heavy atom. The van der Waals surface area contributed by atoms with Gasteiger partial charge < -0.3 is 25.4 Å². The van der Waals surface area contributed by atoms with E-state index in [9.17, 15) is 14.7 Å². The number of hydrogen-bond donors (Lipinski definition) is 3. The van der Waals surface area contributed by atoms with Gasteiger partial charge in [0.05, 0.1) is 0 Å². The van der Waals surface area contributed by atoms with Crippen LogP contribution in [0.2, 0.25) is 0 Å². The molecule has 0 atom stereocenters. The molecule has 0 aromatic heterocycles. The van der Waals surface area contributed by atoms with Crippen LogP contribution in [0.4, 0.5) is 21.0 Å². The molecule has 0 radical (unpaired) electrons. The third-order valence-electron chi connectivity index (χ3n) is 4.92. The number of urea groups is 1. The van der Waals surface area contributed by atoms with E-state index in [2.05, 4.69) is 10.6 Å². The van der Waals surface area contributed by atoms with Crippen LogP contribution in [0, 0.1) is 0 Å². The van der Waals surface area contributed by atoms with Gasteiger partial charge in [-0.05, 0) is 69.2 Å². The van der Waals surface area contributed by atoms with E-state index in [-0.39, 0.29) is 6.03 Å². The number of benzene rings is 3. The molecule has 172 valence electrons. The summed E-state index contributed by atoms with van der Waals surface area (Å²) < 4.78 is 5.80. The number of rotatable bonds is 7. The van der Waals surface area contributed by atoms with E-state index in [1.807, 2.05) is 75.4 Å². The standard InChI is InChI=1S/C26H29N3O4/c1-26(2,3)29(25(31)32)16-15-19-9-7-10-20(17-19)27-24(30)28-21-11-8-14-23(18-21)33-22-12-5-4-6-13-22/h4-14,17-18H,15-16H2,1-3H3,(H,31,32)(H2,27,28,30). The van der Waals surface area contributed by atoms with Gasteiger partial charge in [0.1, 0.15) is 11.5 Å². The van der Waals surface area contributed by atoms with Gasteiger partial charge in [0.2, 0.25) is 0 Å². The lowest BCUT2D eigenvalue weighted by atomic mass is 10.0. The molecule has 3 aromatic rings. The van der Waals surface area contributed by atoms with Gasteiger partial charge in [-0.15, -0.1) is 0 Å². The van der Waals surface area contributed by atoms with Crippen molar-refractivity contribution in [2.75, 3.05) is 17.2 Å². The first kappa shape index (κ1) is 23.7. The highest BCUT2D eigenvalue weighted by molar-refractivity contribution is 5.99. The van der Waals surface area contributed by atoms with Gasteiger partial charge in [-0.1, -0.05) is 36.4 Å². The monoisotopic (exact) mass is 447 g/mol. The molecule has 3 aromatic carbocycles. The lowest BCUT2D eigenvalue weighted by molar-refractivity contribution is 0.101. The summed E-state index contributed by atoms with van der Waals surface area (Å²) in [5.74, 6) is 1.33. The second-order valence-electron chi connectivity index (χ2n) is 8.58. The van der Waals surface area contributed by atoms with Gasteiger partial charge >= 0.3 is 12.1 Å². The van der Waals surface area contributed by atoms with Crippen molar-refractivity contribution in [3.05, 3.63) is 84.4 Å². The summed E-state index contributed by atoms with van der Waals surface area (Å²) in [6.45, 7) is 5.96. The van der Waals surface area contributed by atoms with Crippen molar-refractivity contribution in [3.63, 3.8) is 0 Å². The molecule has 3 N–H and O–H groups in total. The number of anilines is 2. The average molecular weight is 448 g/mol. The van der Waals surface area contributed by atoms with Gasteiger partial charge in [0.25, 0.3) is 0 Å². The molecule has 0 aliphatic carbocycles. The second-order valence-corrected chi connectivity index (χ2v) is 8.58. The molecule has 0 aliphatic heterocycles. The van der Waals surface area contributed by atoms with Gasteiger partial charge in [-0.25, -0.2) is 9.59 Å². The fourth-order valence-electron chi connectivity index (χ4n) is 3.32. The molecular formula is C26H29N3O4. The summed E-state index contributed by atoms with van der Waals surface area (Å²) in [6.07, 6.45) is -0.408. The van der Waals surface area contributed by atoms with Crippen LogP contribution in [-0.4, -0.2) is 34.2 Å². The van der Waals surface area contributed by atoms with E-state index in [0.29, 0.717) is 35.8 Å². The zero-order valence-corrected chi connectivity index (χ0v) is 19.0. The van der Waals surface area contributed by atoms with Crippen molar-refractivity contribution >= 4 is 23.5 Å². The Kier molecular flexibility index (Phi) is 7.56. The Hall–Kier alpha value is -4.00. The van der Waals surface area contributed by atoms with Crippen molar-refractivity contribution in [3.8, 4) is 11.5 Å². The molecule has 0 bridgehead atoms. The number of hydrogen-bond acceptors (Lipinski definition) is 3. The minimum absolute atomic E-state index is 0.364. The largest absolute Gasteiger partial charge is 0.465 e. The normalized spacial score (nSPS) is 10.9. The van der Waals surface area contributed by atoms with E-state index in [0.717, 1.165) is 5.56 Å². The van der Waals surface area contributed by atoms with E-state index in [1.54, 1.807) is 24.3 Å². The summed E-state index contributed by atoms with van der Waals surface area (Å²) in [4.78, 5) is 25.4. The number of carboxylic acid groups (broad SMARTS) is 1. The Morgan fingerprint density at radius 2 is 1.45 bits per heavy atom. The minimum Gasteiger partial charge on any atom is -0.465 e. The molecule has 0 fully saturated rings. The fourth-order valence-corrected chi connectivity index (χ4v) is 3.32. The molecule has 0 heterocycles. The molecule has 3 rings (SSSR count). The number of amides is 3. The molecule has 3 amide bonds. The van der Waals surface area contributed by atoms with Crippen LogP contribution >= 0.6 is 0 Å². The van der Waals surface area contributed by atoms with Crippen molar-refractivity contribution in [1.29, 1.82) is 0 Å². The van der Waals surface area contributed by atoms with Gasteiger partial charge in [-0.2, -0.15) is 0 Å². The summed E-state index contributed by atoms with van der Waals surface area (Å²) in [5, 5.41) is 15.1. The molecule has 7 nitrogen and oxygen atoms in total. The molecule has 0 saturated carbocycles. The molecular weight excluding hydrogens is 418 g/mol. The first-order valence-corrected chi connectivity index (χ1v) is 10.7. The number of carbonyl (C=O) groups excluding carboxylic acids is 1. The van der Waals surface area contributed by atoms with Crippen molar-refractivity contribution in [1.82, 2.24) is 4.90 Å². The highest BCUT2D eigenvalue weighted by atomic mass is 16.5. The first-order valence-electron chi connectivity index (χ1n) is 10.7. The van der Waals surface area contributed by atoms with Gasteiger partial charge in [-0.3, -0.25) is 0 Å². The predicted molar refractivity (Wildman–Crippen MR) is 130 cm³/mol. The molecule has 33 heavy (non-hydrogen) atoms. The number of para-hydroxylation sites is 1. The SMILES string of the molecule is CC(C)(C)N(CCc1cccc(NC(=O)Nc2cccc(Oc3ccccc3)c2)c1)C(=O)O. The third-order valence-corrected chi connectivity index (χ3v) is 4.92. The smallest absolute Gasteiger partial charge is 0.407 e. The molecule has 0 aliphatic rings. The van der Waals surface area contributed by atoms with Crippen LogP contribution in [0.1, 0.15) is 26.3 Å². The Bertz CT molecular complexity index is 1090. The first-order chi connectivity index (χ1) is 15.7. The third kappa shape index (κ3) is 7.28. The topological polar surface area (TPSA) is 90.9 Å². The van der Waals surface area contributed by atoms with Crippen molar-refractivity contribution in [2.45, 2.75) is 32.7 Å². The molecule has 0 saturated heterocycles. The van der Waals surface area contributed by atoms with Crippen LogP contribution in [-0.2, 0) is 6.42 Å². The zero-order valence-electron chi connectivity index (χ0n) is 19.0. The maximum Gasteiger partial charge on any atom is 0.407 e. The minimum atomic E-state index is -0.949. The lowest BCUT2D eigenvalue weighted by Crippen LogP contribution is -2.45. The summed E-state index contributed by atoms with van der Waals surface area (Å²) in [6, 6.07) is 23.6. The van der Waals surface area contributed by atoms with Crippen molar-refractivity contribution < 1.29 is 19.4 Å². The highest BCUT2D eigenvalue weighted by Gasteiger charge is 2.25. The molecule has 7 heteroatoms. The predicted octanol–water partition coefficient (Wildman–Crippen LogP) is 6.44.